The molecule has 0 aliphatic carbocycles. The molecule has 5 nitrogen and oxygen atoms in total. The van der Waals surface area contributed by atoms with Gasteiger partial charge in [0.2, 0.25) is 0 Å². The molecule has 0 aliphatic heterocycles. The maximum absolute atomic E-state index is 15.5. The van der Waals surface area contributed by atoms with Crippen molar-refractivity contribution in [3.8, 4) is 56.7 Å². The molecule has 0 aliphatic rings. The van der Waals surface area contributed by atoms with Crippen LogP contribution >= 0.6 is 0 Å². The first-order valence-electron chi connectivity index (χ1n) is 19.2. The summed E-state index contributed by atoms with van der Waals surface area (Å²) in [4.78, 5) is 14.9. The molecular weight excluding hydrogens is 740 g/mol. The Balaban J connectivity index is 1.07. The van der Waals surface area contributed by atoms with Crippen LogP contribution in [0.15, 0.2) is 182 Å². The number of fused-ring (bicyclic) bond motifs is 6. The summed E-state index contributed by atoms with van der Waals surface area (Å²) >= 11 is 0. The average molecular weight is 770 g/mol. The predicted molar refractivity (Wildman–Crippen MR) is 230 cm³/mol. The fourth-order valence-corrected chi connectivity index (χ4v) is 8.25. The number of rotatable bonds is 6. The molecule has 0 bridgehead atoms. The van der Waals surface area contributed by atoms with Crippen molar-refractivity contribution in [1.29, 1.82) is 0 Å². The number of nitrogens with zero attached hydrogens (tertiary/aromatic N) is 5. The third kappa shape index (κ3) is 5.76. The van der Waals surface area contributed by atoms with E-state index < -0.39 is 17.5 Å². The molecule has 0 radical (unpaired) electrons. The van der Waals surface area contributed by atoms with Crippen molar-refractivity contribution in [3.05, 3.63) is 199 Å². The van der Waals surface area contributed by atoms with E-state index in [9.17, 15) is 4.39 Å². The molecule has 3 aromatic heterocycles. The zero-order valence-corrected chi connectivity index (χ0v) is 31.2. The fourth-order valence-electron chi connectivity index (χ4n) is 8.25. The van der Waals surface area contributed by atoms with Gasteiger partial charge in [-0.3, -0.25) is 0 Å². The van der Waals surface area contributed by atoms with Crippen LogP contribution in [0.4, 0.5) is 13.2 Å². The van der Waals surface area contributed by atoms with Crippen LogP contribution in [-0.4, -0.2) is 24.1 Å². The lowest BCUT2D eigenvalue weighted by Crippen LogP contribution is -2.03. The van der Waals surface area contributed by atoms with Gasteiger partial charge in [0.1, 0.15) is 11.5 Å². The third-order valence-electron chi connectivity index (χ3n) is 11.0. The Morgan fingerprint density at radius 2 is 0.729 bits per heavy atom. The maximum Gasteiger partial charge on any atom is 0.164 e. The van der Waals surface area contributed by atoms with Gasteiger partial charge in [-0.15, -0.1) is 0 Å². The van der Waals surface area contributed by atoms with Crippen molar-refractivity contribution in [2.75, 3.05) is 0 Å². The Hall–Kier alpha value is -7.84. The maximum atomic E-state index is 15.5. The van der Waals surface area contributed by atoms with Gasteiger partial charge in [-0.1, -0.05) is 121 Å². The van der Waals surface area contributed by atoms with Crippen LogP contribution in [0.1, 0.15) is 0 Å². The Bertz CT molecular complexity index is 3370. The number of benzene rings is 8. The Kier molecular flexibility index (Phi) is 7.97. The molecule has 0 amide bonds. The van der Waals surface area contributed by atoms with Gasteiger partial charge in [-0.05, 0) is 59.7 Å². The minimum Gasteiger partial charge on any atom is -0.309 e. The van der Waals surface area contributed by atoms with Crippen molar-refractivity contribution in [3.63, 3.8) is 0 Å². The summed E-state index contributed by atoms with van der Waals surface area (Å²) in [5.41, 5.74) is 8.33. The second-order valence-corrected chi connectivity index (χ2v) is 14.5. The lowest BCUT2D eigenvalue weighted by atomic mass is 10.0. The largest absolute Gasteiger partial charge is 0.309 e. The smallest absolute Gasteiger partial charge is 0.164 e. The molecular formula is C51H30F3N5. The number of hydrogen-bond acceptors (Lipinski definition) is 3. The second-order valence-electron chi connectivity index (χ2n) is 14.5. The molecule has 0 unspecified atom stereocenters. The standard InChI is InChI=1S/C51H30F3N5/c52-36-27-42(53)48(43(54)28-36)59-45-18-10-8-16-39(45)41-29-40-38-15-7-9-17-44(38)58(46(40)30-47(41)59)37-25-23-35(24-26-37)51-56-49(33-13-5-2-6-14-33)55-50(57-51)34-21-19-32(20-22-34)31-11-3-1-4-12-31/h1-30H. The molecule has 0 saturated heterocycles. The van der Waals surface area contributed by atoms with Crippen LogP contribution in [0, 0.1) is 17.5 Å². The summed E-state index contributed by atoms with van der Waals surface area (Å²) in [7, 11) is 0. The highest BCUT2D eigenvalue weighted by atomic mass is 19.1. The number of halogens is 3. The quantitative estimate of drug-likeness (QED) is 0.169. The second kappa shape index (κ2) is 13.7. The van der Waals surface area contributed by atoms with Crippen molar-refractivity contribution < 1.29 is 13.2 Å². The number of para-hydroxylation sites is 2. The molecule has 0 spiro atoms. The molecule has 0 saturated carbocycles. The predicted octanol–water partition coefficient (Wildman–Crippen LogP) is 13.2. The van der Waals surface area contributed by atoms with Gasteiger partial charge in [0.25, 0.3) is 0 Å². The summed E-state index contributed by atoms with van der Waals surface area (Å²) in [6.07, 6.45) is 0. The van der Waals surface area contributed by atoms with E-state index in [0.717, 1.165) is 78.2 Å². The molecule has 11 aromatic rings. The van der Waals surface area contributed by atoms with Crippen molar-refractivity contribution in [2.45, 2.75) is 0 Å². The van der Waals surface area contributed by atoms with Crippen LogP contribution in [0.25, 0.3) is 100 Å². The van der Waals surface area contributed by atoms with Crippen LogP contribution < -0.4 is 0 Å². The van der Waals surface area contributed by atoms with E-state index in [1.165, 1.54) is 0 Å². The van der Waals surface area contributed by atoms with E-state index in [1.54, 1.807) is 4.57 Å². The summed E-state index contributed by atoms with van der Waals surface area (Å²) in [6.45, 7) is 0. The summed E-state index contributed by atoms with van der Waals surface area (Å²) in [6, 6.07) is 57.5. The Morgan fingerprint density at radius 3 is 1.29 bits per heavy atom. The normalized spacial score (nSPS) is 11.6. The first-order valence-corrected chi connectivity index (χ1v) is 19.2. The van der Waals surface area contributed by atoms with Crippen LogP contribution in [0.5, 0.6) is 0 Å². The molecule has 8 heteroatoms. The summed E-state index contributed by atoms with van der Waals surface area (Å²) < 4.78 is 48.9. The van der Waals surface area contributed by atoms with Crippen LogP contribution in [0.3, 0.4) is 0 Å². The van der Waals surface area contributed by atoms with Gasteiger partial charge >= 0.3 is 0 Å². The highest BCUT2D eigenvalue weighted by Crippen LogP contribution is 2.40. The van der Waals surface area contributed by atoms with Crippen molar-refractivity contribution >= 4 is 43.6 Å². The lowest BCUT2D eigenvalue weighted by molar-refractivity contribution is 0.537. The van der Waals surface area contributed by atoms with Gasteiger partial charge in [0.15, 0.2) is 29.1 Å². The van der Waals surface area contributed by atoms with Crippen molar-refractivity contribution in [2.24, 2.45) is 0 Å². The summed E-state index contributed by atoms with van der Waals surface area (Å²) in [5, 5.41) is 3.65. The van der Waals surface area contributed by atoms with E-state index in [0.29, 0.717) is 28.5 Å². The first-order chi connectivity index (χ1) is 29.0. The molecule has 280 valence electrons. The highest BCUT2D eigenvalue weighted by molar-refractivity contribution is 6.19. The third-order valence-corrected chi connectivity index (χ3v) is 11.0. The average Bonchev–Trinajstić information content (AvgIpc) is 3.77. The van der Waals surface area contributed by atoms with Gasteiger partial charge in [-0.25, -0.2) is 28.1 Å². The topological polar surface area (TPSA) is 48.5 Å². The van der Waals surface area contributed by atoms with E-state index in [-0.39, 0.29) is 5.69 Å². The zero-order valence-electron chi connectivity index (χ0n) is 31.2. The molecule has 0 N–H and O–H groups in total. The Labute approximate surface area is 335 Å². The van der Waals surface area contributed by atoms with Crippen LogP contribution in [0.2, 0.25) is 0 Å². The van der Waals surface area contributed by atoms with Crippen molar-refractivity contribution in [1.82, 2.24) is 24.1 Å². The number of aromatic nitrogens is 5. The lowest BCUT2D eigenvalue weighted by Gasteiger charge is -2.12. The van der Waals surface area contributed by atoms with E-state index >= 15 is 8.78 Å². The fraction of sp³-hybridized carbons (Fsp3) is 0. The monoisotopic (exact) mass is 769 g/mol. The minimum absolute atomic E-state index is 0.331. The SMILES string of the molecule is Fc1cc(F)c(-n2c3ccccc3c3cc4c5ccccc5n(-c5ccc(-c6nc(-c7ccccc7)nc(-c7ccc(-c8ccccc8)cc7)n6)cc5)c4cc32)c(F)c1. The van der Waals surface area contributed by atoms with E-state index in [4.69, 9.17) is 15.0 Å². The summed E-state index contributed by atoms with van der Waals surface area (Å²) in [5.74, 6) is -1.28. The molecule has 59 heavy (non-hydrogen) atoms. The zero-order chi connectivity index (χ0) is 39.6. The molecule has 3 heterocycles. The van der Waals surface area contributed by atoms with Gasteiger partial charge in [0.05, 0.1) is 22.1 Å². The minimum atomic E-state index is -0.984. The van der Waals surface area contributed by atoms with Gasteiger partial charge < -0.3 is 9.13 Å². The van der Waals surface area contributed by atoms with E-state index in [2.05, 4.69) is 47.0 Å². The van der Waals surface area contributed by atoms with Gasteiger partial charge in [-0.2, -0.15) is 0 Å². The van der Waals surface area contributed by atoms with E-state index in [1.807, 2.05) is 127 Å². The first kappa shape index (κ1) is 34.4. The molecule has 0 fully saturated rings. The highest BCUT2D eigenvalue weighted by Gasteiger charge is 2.22. The molecule has 11 rings (SSSR count). The Morgan fingerprint density at radius 1 is 0.322 bits per heavy atom. The van der Waals surface area contributed by atoms with Gasteiger partial charge in [0, 0.05) is 56.1 Å². The number of hydrogen-bond donors (Lipinski definition) is 0. The molecule has 8 aromatic carbocycles. The molecule has 0 atom stereocenters. The van der Waals surface area contributed by atoms with Crippen LogP contribution in [-0.2, 0) is 0 Å².